The molecule has 1 fully saturated rings. The molecule has 1 saturated carbocycles. The molecule has 2 atom stereocenters. The minimum Gasteiger partial charge on any atom is -0.0808 e. The molecule has 0 radical (unpaired) electrons. The predicted octanol–water partition coefficient (Wildman–Crippen LogP) is 2.69. The predicted molar refractivity (Wildman–Crippen MR) is 43.6 cm³/mol. The van der Waals surface area contributed by atoms with Crippen LogP contribution in [0.1, 0.15) is 12.8 Å². The van der Waals surface area contributed by atoms with Crippen molar-refractivity contribution in [3.8, 4) is 0 Å². The van der Waals surface area contributed by atoms with Crippen molar-refractivity contribution < 1.29 is 0 Å². The van der Waals surface area contributed by atoms with E-state index in [0.717, 1.165) is 11.8 Å². The molecule has 0 bridgehead atoms. The maximum atomic E-state index is 2.33. The first-order valence-electron chi connectivity index (χ1n) is 3.98. The fourth-order valence-electron chi connectivity index (χ4n) is 1.57. The van der Waals surface area contributed by atoms with E-state index in [1.165, 1.54) is 12.8 Å². The van der Waals surface area contributed by atoms with Crippen molar-refractivity contribution in [3.05, 3.63) is 36.5 Å². The van der Waals surface area contributed by atoms with Gasteiger partial charge in [0.1, 0.15) is 0 Å². The van der Waals surface area contributed by atoms with Gasteiger partial charge in [-0.3, -0.25) is 0 Å². The molecule has 0 aromatic carbocycles. The van der Waals surface area contributed by atoms with Crippen molar-refractivity contribution in [1.29, 1.82) is 0 Å². The van der Waals surface area contributed by atoms with Gasteiger partial charge in [0, 0.05) is 0 Å². The molecule has 0 nitrogen and oxygen atoms in total. The molecule has 0 aromatic heterocycles. The SMILES string of the molecule is C1=CC=CC2CCC2C=C1. The van der Waals surface area contributed by atoms with Crippen LogP contribution in [0.15, 0.2) is 36.5 Å². The van der Waals surface area contributed by atoms with Gasteiger partial charge < -0.3 is 0 Å². The zero-order chi connectivity index (χ0) is 6.81. The Balaban J connectivity index is 2.17. The zero-order valence-electron chi connectivity index (χ0n) is 6.03. The second kappa shape index (κ2) is 2.45. The van der Waals surface area contributed by atoms with Crippen LogP contribution in [0.3, 0.4) is 0 Å². The first-order valence-corrected chi connectivity index (χ1v) is 3.98. The molecule has 0 amide bonds. The normalized spacial score (nSPS) is 36.0. The van der Waals surface area contributed by atoms with Crippen LogP contribution < -0.4 is 0 Å². The Bertz CT molecular complexity index is 174. The van der Waals surface area contributed by atoms with Gasteiger partial charge in [0.25, 0.3) is 0 Å². The molecule has 2 aliphatic carbocycles. The van der Waals surface area contributed by atoms with Crippen LogP contribution in [0, 0.1) is 11.8 Å². The monoisotopic (exact) mass is 132 g/mol. The van der Waals surface area contributed by atoms with E-state index < -0.39 is 0 Å². The Morgan fingerprint density at radius 3 is 1.60 bits per heavy atom. The number of rotatable bonds is 0. The second-order valence-electron chi connectivity index (χ2n) is 3.06. The van der Waals surface area contributed by atoms with Crippen molar-refractivity contribution >= 4 is 0 Å². The van der Waals surface area contributed by atoms with Gasteiger partial charge in [0.05, 0.1) is 0 Å². The number of hydrogen-bond acceptors (Lipinski definition) is 0. The fraction of sp³-hybridized carbons (Fsp3) is 0.400. The minimum atomic E-state index is 0.848. The summed E-state index contributed by atoms with van der Waals surface area (Å²) in [6, 6.07) is 0. The molecule has 2 rings (SSSR count). The second-order valence-corrected chi connectivity index (χ2v) is 3.06. The van der Waals surface area contributed by atoms with Crippen molar-refractivity contribution in [2.24, 2.45) is 11.8 Å². The Morgan fingerprint density at radius 1 is 0.700 bits per heavy atom. The maximum Gasteiger partial charge on any atom is -0.0167 e. The molecule has 0 N–H and O–H groups in total. The first kappa shape index (κ1) is 5.96. The van der Waals surface area contributed by atoms with E-state index in [1.807, 2.05) is 0 Å². The molecule has 0 heterocycles. The number of hydrogen-bond donors (Lipinski definition) is 0. The van der Waals surface area contributed by atoms with E-state index in [-0.39, 0.29) is 0 Å². The van der Waals surface area contributed by atoms with Gasteiger partial charge in [0.15, 0.2) is 0 Å². The minimum absolute atomic E-state index is 0.848. The van der Waals surface area contributed by atoms with Gasteiger partial charge in [-0.25, -0.2) is 0 Å². The third-order valence-electron chi connectivity index (χ3n) is 2.43. The topological polar surface area (TPSA) is 0 Å². The summed E-state index contributed by atoms with van der Waals surface area (Å²) >= 11 is 0. The lowest BCUT2D eigenvalue weighted by molar-refractivity contribution is 0.286. The quantitative estimate of drug-likeness (QED) is 0.475. The highest BCUT2D eigenvalue weighted by atomic mass is 14.3. The van der Waals surface area contributed by atoms with Crippen molar-refractivity contribution in [1.82, 2.24) is 0 Å². The molecule has 52 valence electrons. The molecule has 0 spiro atoms. The molecule has 0 aliphatic heterocycles. The van der Waals surface area contributed by atoms with Gasteiger partial charge in [-0.2, -0.15) is 0 Å². The van der Waals surface area contributed by atoms with Gasteiger partial charge in [-0.05, 0) is 24.7 Å². The Kier molecular flexibility index (Phi) is 1.46. The maximum absolute atomic E-state index is 2.33. The Labute approximate surface area is 61.9 Å². The summed E-state index contributed by atoms with van der Waals surface area (Å²) < 4.78 is 0. The summed E-state index contributed by atoms with van der Waals surface area (Å²) in [5.74, 6) is 1.70. The fourth-order valence-corrected chi connectivity index (χ4v) is 1.57. The lowest BCUT2D eigenvalue weighted by atomic mass is 9.73. The summed E-state index contributed by atoms with van der Waals surface area (Å²) in [6.45, 7) is 0. The van der Waals surface area contributed by atoms with Crippen LogP contribution in [-0.2, 0) is 0 Å². The van der Waals surface area contributed by atoms with E-state index in [0.29, 0.717) is 0 Å². The summed E-state index contributed by atoms with van der Waals surface area (Å²) in [6.07, 6.45) is 16.0. The first-order chi connectivity index (χ1) is 4.97. The van der Waals surface area contributed by atoms with Crippen LogP contribution in [0.5, 0.6) is 0 Å². The molecular formula is C10H12. The highest BCUT2D eigenvalue weighted by Gasteiger charge is 2.25. The molecule has 0 saturated heterocycles. The average molecular weight is 132 g/mol. The zero-order valence-corrected chi connectivity index (χ0v) is 6.03. The molecule has 0 heteroatoms. The molecule has 0 aromatic rings. The summed E-state index contributed by atoms with van der Waals surface area (Å²) in [5, 5.41) is 0. The third-order valence-corrected chi connectivity index (χ3v) is 2.43. The van der Waals surface area contributed by atoms with Crippen LogP contribution in [-0.4, -0.2) is 0 Å². The van der Waals surface area contributed by atoms with Gasteiger partial charge in [-0.15, -0.1) is 0 Å². The largest absolute Gasteiger partial charge is 0.0808 e. The van der Waals surface area contributed by atoms with Crippen molar-refractivity contribution in [2.45, 2.75) is 12.8 Å². The summed E-state index contributed by atoms with van der Waals surface area (Å²) in [4.78, 5) is 0. The van der Waals surface area contributed by atoms with Crippen LogP contribution in [0.25, 0.3) is 0 Å². The van der Waals surface area contributed by atoms with Gasteiger partial charge in [-0.1, -0.05) is 36.5 Å². The molecule has 2 unspecified atom stereocenters. The van der Waals surface area contributed by atoms with Crippen LogP contribution in [0.4, 0.5) is 0 Å². The van der Waals surface area contributed by atoms with E-state index in [9.17, 15) is 0 Å². The van der Waals surface area contributed by atoms with Crippen molar-refractivity contribution in [3.63, 3.8) is 0 Å². The van der Waals surface area contributed by atoms with E-state index in [2.05, 4.69) is 36.5 Å². The smallest absolute Gasteiger partial charge is 0.0167 e. The Hall–Kier alpha value is -0.780. The number of fused-ring (bicyclic) bond motifs is 1. The number of allylic oxidation sites excluding steroid dienone is 6. The van der Waals surface area contributed by atoms with Crippen LogP contribution in [0.2, 0.25) is 0 Å². The lowest BCUT2D eigenvalue weighted by Gasteiger charge is -2.32. The summed E-state index contributed by atoms with van der Waals surface area (Å²) in [5.41, 5.74) is 0. The third kappa shape index (κ3) is 0.942. The lowest BCUT2D eigenvalue weighted by Crippen LogP contribution is -2.21. The van der Waals surface area contributed by atoms with Gasteiger partial charge >= 0.3 is 0 Å². The summed E-state index contributed by atoms with van der Waals surface area (Å²) in [7, 11) is 0. The highest BCUT2D eigenvalue weighted by molar-refractivity contribution is 5.19. The standard InChI is InChI=1S/C10H12/c1-2-4-6-10-8-7-9(10)5-3-1/h1-6,9-10H,7-8H2. The van der Waals surface area contributed by atoms with Crippen LogP contribution >= 0.6 is 0 Å². The van der Waals surface area contributed by atoms with Crippen molar-refractivity contribution in [2.75, 3.05) is 0 Å². The van der Waals surface area contributed by atoms with E-state index in [1.54, 1.807) is 0 Å². The van der Waals surface area contributed by atoms with E-state index >= 15 is 0 Å². The Morgan fingerprint density at radius 2 is 1.20 bits per heavy atom. The van der Waals surface area contributed by atoms with E-state index in [4.69, 9.17) is 0 Å². The highest BCUT2D eigenvalue weighted by Crippen LogP contribution is 2.36. The van der Waals surface area contributed by atoms with Gasteiger partial charge in [0.2, 0.25) is 0 Å². The molecule has 2 aliphatic rings. The molecular weight excluding hydrogens is 120 g/mol. The average Bonchev–Trinajstić information content (AvgIpc) is 1.89. The molecule has 10 heavy (non-hydrogen) atoms.